The lowest BCUT2D eigenvalue weighted by molar-refractivity contribution is 0.0474. The van der Waals surface area contributed by atoms with Crippen LogP contribution in [0.25, 0.3) is 0 Å². The van der Waals surface area contributed by atoms with Gasteiger partial charge in [0.2, 0.25) is 5.78 Å². The Morgan fingerprint density at radius 3 is 2.52 bits per heavy atom. The van der Waals surface area contributed by atoms with Crippen molar-refractivity contribution in [3.05, 3.63) is 88.7 Å². The number of carbonyl (C=O) groups is 2. The summed E-state index contributed by atoms with van der Waals surface area (Å²) in [5.74, 6) is -0.0888. The number of aromatic nitrogens is 1. The van der Waals surface area contributed by atoms with Gasteiger partial charge in [0.25, 0.3) is 0 Å². The average molecular weight is 448 g/mol. The van der Waals surface area contributed by atoms with Gasteiger partial charge in [0.05, 0.1) is 11.7 Å². The van der Waals surface area contributed by atoms with E-state index < -0.39 is 5.97 Å². The Balaban J connectivity index is 1.30. The Labute approximate surface area is 194 Å². The zero-order chi connectivity index (χ0) is 23.2. The molecule has 1 aliphatic heterocycles. The number of benzene rings is 2. The van der Waals surface area contributed by atoms with E-state index in [-0.39, 0.29) is 18.5 Å². The third kappa shape index (κ3) is 5.71. The van der Waals surface area contributed by atoms with Gasteiger partial charge in [0.15, 0.2) is 6.61 Å². The van der Waals surface area contributed by atoms with E-state index in [1.54, 1.807) is 24.3 Å². The lowest BCUT2D eigenvalue weighted by Crippen LogP contribution is -2.18. The maximum atomic E-state index is 12.7. The van der Waals surface area contributed by atoms with Gasteiger partial charge in [-0.1, -0.05) is 30.3 Å². The first-order valence-electron chi connectivity index (χ1n) is 11.3. The van der Waals surface area contributed by atoms with Crippen molar-refractivity contribution in [2.45, 2.75) is 45.9 Å². The first-order chi connectivity index (χ1) is 16.0. The quantitative estimate of drug-likeness (QED) is 0.345. The Morgan fingerprint density at radius 1 is 1.06 bits per heavy atom. The van der Waals surface area contributed by atoms with E-state index in [0.717, 1.165) is 42.9 Å². The van der Waals surface area contributed by atoms with Crippen LogP contribution < -0.4 is 4.74 Å². The smallest absolute Gasteiger partial charge is 0.338 e. The molecule has 1 unspecified atom stereocenters. The summed E-state index contributed by atoms with van der Waals surface area (Å²) in [6.07, 6.45) is 2.30. The maximum Gasteiger partial charge on any atom is 0.338 e. The molecule has 6 heteroatoms. The minimum absolute atomic E-state index is 0.190. The standard InChI is InChI=1S/C27H29NO5/c1-19-15-25(20(2)28(19)16-24-9-6-14-31-24)26(29)18-33-27(30)22-10-12-23(13-11-22)32-17-21-7-4-3-5-8-21/h3-5,7-8,10-13,15,24H,6,9,14,16-18H2,1-2H3. The first-order valence-corrected chi connectivity index (χ1v) is 11.3. The number of nitrogens with zero attached hydrogens (tertiary/aromatic N) is 1. The van der Waals surface area contributed by atoms with Crippen LogP contribution in [-0.4, -0.2) is 35.6 Å². The average Bonchev–Trinajstić information content (AvgIpc) is 3.46. The highest BCUT2D eigenvalue weighted by molar-refractivity contribution is 6.00. The van der Waals surface area contributed by atoms with Crippen LogP contribution >= 0.6 is 0 Å². The van der Waals surface area contributed by atoms with Gasteiger partial charge in [-0.2, -0.15) is 0 Å². The second-order valence-electron chi connectivity index (χ2n) is 8.33. The first kappa shape index (κ1) is 22.8. The lowest BCUT2D eigenvalue weighted by Gasteiger charge is -2.14. The topological polar surface area (TPSA) is 66.8 Å². The lowest BCUT2D eigenvalue weighted by atomic mass is 10.1. The summed E-state index contributed by atoms with van der Waals surface area (Å²) in [6, 6.07) is 18.4. The third-order valence-electron chi connectivity index (χ3n) is 5.96. The zero-order valence-corrected chi connectivity index (χ0v) is 19.1. The third-order valence-corrected chi connectivity index (χ3v) is 5.96. The van der Waals surface area contributed by atoms with E-state index in [9.17, 15) is 9.59 Å². The Hall–Kier alpha value is -3.38. The molecular formula is C27H29NO5. The molecule has 0 spiro atoms. The number of Topliss-reactive ketones (excluding diaryl/α,β-unsaturated/α-hetero) is 1. The van der Waals surface area contributed by atoms with Gasteiger partial charge < -0.3 is 18.8 Å². The number of hydrogen-bond donors (Lipinski definition) is 0. The van der Waals surface area contributed by atoms with Crippen molar-refractivity contribution in [1.82, 2.24) is 4.57 Å². The molecule has 0 radical (unpaired) electrons. The van der Waals surface area contributed by atoms with Crippen LogP contribution in [0.1, 0.15) is 50.5 Å². The molecule has 1 aliphatic rings. The Morgan fingerprint density at radius 2 is 1.82 bits per heavy atom. The molecule has 4 rings (SSSR count). The van der Waals surface area contributed by atoms with Gasteiger partial charge in [-0.3, -0.25) is 4.79 Å². The van der Waals surface area contributed by atoms with Crippen LogP contribution in [0.15, 0.2) is 60.7 Å². The molecule has 0 amide bonds. The number of rotatable bonds is 9. The summed E-state index contributed by atoms with van der Waals surface area (Å²) in [7, 11) is 0. The van der Waals surface area contributed by atoms with E-state index in [0.29, 0.717) is 23.5 Å². The fourth-order valence-corrected chi connectivity index (χ4v) is 4.08. The minimum Gasteiger partial charge on any atom is -0.489 e. The highest BCUT2D eigenvalue weighted by Gasteiger charge is 2.22. The predicted molar refractivity (Wildman–Crippen MR) is 125 cm³/mol. The second kappa shape index (κ2) is 10.5. The summed E-state index contributed by atoms with van der Waals surface area (Å²) in [4.78, 5) is 25.2. The molecular weight excluding hydrogens is 418 g/mol. The van der Waals surface area contributed by atoms with Crippen molar-refractivity contribution in [3.63, 3.8) is 0 Å². The molecule has 172 valence electrons. The van der Waals surface area contributed by atoms with Gasteiger partial charge >= 0.3 is 5.97 Å². The van der Waals surface area contributed by atoms with E-state index in [4.69, 9.17) is 14.2 Å². The molecule has 0 saturated carbocycles. The molecule has 2 heterocycles. The molecule has 6 nitrogen and oxygen atoms in total. The van der Waals surface area contributed by atoms with Gasteiger partial charge in [0, 0.05) is 30.1 Å². The van der Waals surface area contributed by atoms with Crippen LogP contribution in [0.4, 0.5) is 0 Å². The minimum atomic E-state index is -0.536. The van der Waals surface area contributed by atoms with Crippen LogP contribution in [0.2, 0.25) is 0 Å². The van der Waals surface area contributed by atoms with E-state index in [1.165, 1.54) is 0 Å². The molecule has 0 aliphatic carbocycles. The molecule has 2 aromatic carbocycles. The van der Waals surface area contributed by atoms with Crippen molar-refractivity contribution in [3.8, 4) is 5.75 Å². The summed E-state index contributed by atoms with van der Waals surface area (Å²) in [5, 5.41) is 0. The summed E-state index contributed by atoms with van der Waals surface area (Å²) >= 11 is 0. The zero-order valence-electron chi connectivity index (χ0n) is 19.1. The van der Waals surface area contributed by atoms with Crippen LogP contribution in [0, 0.1) is 13.8 Å². The summed E-state index contributed by atoms with van der Waals surface area (Å²) in [6.45, 7) is 5.59. The number of hydrogen-bond acceptors (Lipinski definition) is 5. The van der Waals surface area contributed by atoms with Crippen molar-refractivity contribution >= 4 is 11.8 Å². The number of ketones is 1. The highest BCUT2D eigenvalue weighted by Crippen LogP contribution is 2.21. The van der Waals surface area contributed by atoms with Gasteiger partial charge in [0.1, 0.15) is 12.4 Å². The second-order valence-corrected chi connectivity index (χ2v) is 8.33. The molecule has 33 heavy (non-hydrogen) atoms. The van der Waals surface area contributed by atoms with E-state index in [2.05, 4.69) is 4.57 Å². The number of esters is 1. The van der Waals surface area contributed by atoms with Crippen molar-refractivity contribution < 1.29 is 23.8 Å². The fourth-order valence-electron chi connectivity index (χ4n) is 4.08. The molecule has 0 bridgehead atoms. The van der Waals surface area contributed by atoms with Crippen molar-refractivity contribution in [2.75, 3.05) is 13.2 Å². The molecule has 1 aromatic heterocycles. The normalized spacial score (nSPS) is 15.4. The fraction of sp³-hybridized carbons (Fsp3) is 0.333. The molecule has 1 fully saturated rings. The van der Waals surface area contributed by atoms with Gasteiger partial charge in [-0.15, -0.1) is 0 Å². The molecule has 1 saturated heterocycles. The molecule has 0 N–H and O–H groups in total. The van der Waals surface area contributed by atoms with Crippen LogP contribution in [-0.2, 0) is 22.6 Å². The number of aryl methyl sites for hydroxylation is 1. The van der Waals surface area contributed by atoms with Crippen LogP contribution in [0.3, 0.4) is 0 Å². The predicted octanol–water partition coefficient (Wildman–Crippen LogP) is 4.90. The largest absolute Gasteiger partial charge is 0.489 e. The Kier molecular flexibility index (Phi) is 7.25. The Bertz CT molecular complexity index is 1100. The van der Waals surface area contributed by atoms with Crippen molar-refractivity contribution in [1.29, 1.82) is 0 Å². The molecule has 1 atom stereocenters. The van der Waals surface area contributed by atoms with E-state index in [1.807, 2.05) is 50.2 Å². The number of ether oxygens (including phenoxy) is 3. The van der Waals surface area contributed by atoms with E-state index >= 15 is 0 Å². The monoisotopic (exact) mass is 447 g/mol. The maximum absolute atomic E-state index is 12.7. The van der Waals surface area contributed by atoms with Crippen molar-refractivity contribution in [2.24, 2.45) is 0 Å². The van der Waals surface area contributed by atoms with Gasteiger partial charge in [-0.25, -0.2) is 4.79 Å². The summed E-state index contributed by atoms with van der Waals surface area (Å²) in [5.41, 5.74) is 3.91. The highest BCUT2D eigenvalue weighted by atomic mass is 16.5. The van der Waals surface area contributed by atoms with Crippen LogP contribution in [0.5, 0.6) is 5.75 Å². The summed E-state index contributed by atoms with van der Waals surface area (Å²) < 4.78 is 18.9. The van der Waals surface area contributed by atoms with Gasteiger partial charge in [-0.05, 0) is 62.6 Å². The number of carbonyl (C=O) groups excluding carboxylic acids is 2. The SMILES string of the molecule is Cc1cc(C(=O)COC(=O)c2ccc(OCc3ccccc3)cc2)c(C)n1CC1CCCO1. The molecule has 3 aromatic rings.